The number of ether oxygens (including phenoxy) is 1. The Morgan fingerprint density at radius 3 is 2.52 bits per heavy atom. The van der Waals surface area contributed by atoms with Crippen molar-refractivity contribution in [3.8, 4) is 11.8 Å². The maximum atomic E-state index is 13.8. The first-order valence-electron chi connectivity index (χ1n) is 11.5. The van der Waals surface area contributed by atoms with Crippen molar-refractivity contribution < 1.29 is 13.9 Å². The first-order valence-corrected chi connectivity index (χ1v) is 11.5. The maximum absolute atomic E-state index is 13.8. The number of rotatable bonds is 4. The van der Waals surface area contributed by atoms with Gasteiger partial charge in [0.15, 0.2) is 0 Å². The molecule has 0 heterocycles. The highest BCUT2D eigenvalue weighted by atomic mass is 19.1. The van der Waals surface area contributed by atoms with Gasteiger partial charge in [0, 0.05) is 6.07 Å². The third kappa shape index (κ3) is 4.34. The standard InChI is InChI=1S/C25H32FNO2/c1-2-3-16-4-10-22-17(12-16)5-6-18-13-19(8-11-23(18)22)25(28)29-21-9-7-20(15-27)24(26)14-21/h7,9,14,16-19,22-23H,2-6,8,10-13H2,1H3. The first-order chi connectivity index (χ1) is 14.1. The van der Waals surface area contributed by atoms with Crippen molar-refractivity contribution >= 4 is 5.97 Å². The van der Waals surface area contributed by atoms with Gasteiger partial charge in [-0.1, -0.05) is 26.2 Å². The Bertz CT molecular complexity index is 786. The normalized spacial score (nSPS) is 33.8. The van der Waals surface area contributed by atoms with Crippen LogP contribution in [0.5, 0.6) is 5.75 Å². The molecule has 156 valence electrons. The molecule has 3 nitrogen and oxygen atoms in total. The van der Waals surface area contributed by atoms with E-state index in [1.807, 2.05) is 0 Å². The minimum Gasteiger partial charge on any atom is -0.426 e. The van der Waals surface area contributed by atoms with Crippen LogP contribution < -0.4 is 4.74 Å². The van der Waals surface area contributed by atoms with E-state index in [0.29, 0.717) is 5.92 Å². The molecule has 3 aliphatic rings. The summed E-state index contributed by atoms with van der Waals surface area (Å²) in [6.07, 6.45) is 12.4. The van der Waals surface area contributed by atoms with Gasteiger partial charge in [0.05, 0.1) is 11.5 Å². The van der Waals surface area contributed by atoms with Crippen molar-refractivity contribution in [3.63, 3.8) is 0 Å². The fourth-order valence-corrected chi connectivity index (χ4v) is 6.63. The van der Waals surface area contributed by atoms with Gasteiger partial charge in [0.1, 0.15) is 17.6 Å². The van der Waals surface area contributed by atoms with Gasteiger partial charge in [-0.15, -0.1) is 0 Å². The third-order valence-corrected chi connectivity index (χ3v) is 7.96. The summed E-state index contributed by atoms with van der Waals surface area (Å²) in [5, 5.41) is 8.83. The Balaban J connectivity index is 1.34. The van der Waals surface area contributed by atoms with E-state index in [1.165, 1.54) is 57.1 Å². The molecule has 0 saturated heterocycles. The number of hydrogen-bond donors (Lipinski definition) is 0. The predicted molar refractivity (Wildman–Crippen MR) is 110 cm³/mol. The predicted octanol–water partition coefficient (Wildman–Crippen LogP) is 6.26. The summed E-state index contributed by atoms with van der Waals surface area (Å²) in [6, 6.07) is 5.80. The van der Waals surface area contributed by atoms with E-state index in [4.69, 9.17) is 10.00 Å². The lowest BCUT2D eigenvalue weighted by Gasteiger charge is -2.50. The van der Waals surface area contributed by atoms with Crippen molar-refractivity contribution in [1.82, 2.24) is 0 Å². The van der Waals surface area contributed by atoms with E-state index >= 15 is 0 Å². The Labute approximate surface area is 173 Å². The Kier molecular flexibility index (Phi) is 6.23. The van der Waals surface area contributed by atoms with Crippen molar-refractivity contribution in [1.29, 1.82) is 5.26 Å². The Morgan fingerprint density at radius 2 is 1.83 bits per heavy atom. The van der Waals surface area contributed by atoms with Gasteiger partial charge >= 0.3 is 5.97 Å². The van der Waals surface area contributed by atoms with Crippen LogP contribution in [0.3, 0.4) is 0 Å². The van der Waals surface area contributed by atoms with Crippen LogP contribution >= 0.6 is 0 Å². The quantitative estimate of drug-likeness (QED) is 0.445. The number of halogens is 1. The van der Waals surface area contributed by atoms with Crippen LogP contribution in [0, 0.1) is 52.7 Å². The summed E-state index contributed by atoms with van der Waals surface area (Å²) in [7, 11) is 0. The zero-order valence-electron chi connectivity index (χ0n) is 17.4. The van der Waals surface area contributed by atoms with Crippen LogP contribution in [0.15, 0.2) is 18.2 Å². The van der Waals surface area contributed by atoms with E-state index in [-0.39, 0.29) is 23.2 Å². The second kappa shape index (κ2) is 8.86. The van der Waals surface area contributed by atoms with Gasteiger partial charge < -0.3 is 4.74 Å². The van der Waals surface area contributed by atoms with E-state index in [9.17, 15) is 9.18 Å². The summed E-state index contributed by atoms with van der Waals surface area (Å²) >= 11 is 0. The van der Waals surface area contributed by atoms with Gasteiger partial charge in [-0.25, -0.2) is 4.39 Å². The van der Waals surface area contributed by atoms with E-state index in [1.54, 1.807) is 6.07 Å². The number of hydrogen-bond acceptors (Lipinski definition) is 3. The second-order valence-corrected chi connectivity index (χ2v) is 9.58. The maximum Gasteiger partial charge on any atom is 0.314 e. The molecule has 29 heavy (non-hydrogen) atoms. The second-order valence-electron chi connectivity index (χ2n) is 9.58. The average molecular weight is 398 g/mol. The fraction of sp³-hybridized carbons (Fsp3) is 0.680. The van der Waals surface area contributed by atoms with Gasteiger partial charge in [-0.2, -0.15) is 5.26 Å². The SMILES string of the molecule is CCCC1CCC2C(CCC3CC(C(=O)Oc4ccc(C#N)c(F)c4)CCC32)C1. The van der Waals surface area contributed by atoms with Crippen molar-refractivity contribution in [2.24, 2.45) is 35.5 Å². The van der Waals surface area contributed by atoms with Gasteiger partial charge in [0.2, 0.25) is 0 Å². The molecule has 4 heteroatoms. The summed E-state index contributed by atoms with van der Waals surface area (Å²) < 4.78 is 19.3. The van der Waals surface area contributed by atoms with E-state index in [2.05, 4.69) is 6.92 Å². The minimum atomic E-state index is -0.640. The molecule has 6 unspecified atom stereocenters. The van der Waals surface area contributed by atoms with Gasteiger partial charge in [0.25, 0.3) is 0 Å². The third-order valence-electron chi connectivity index (χ3n) is 7.96. The van der Waals surface area contributed by atoms with Crippen molar-refractivity contribution in [2.75, 3.05) is 0 Å². The monoisotopic (exact) mass is 397 g/mol. The highest BCUT2D eigenvalue weighted by Crippen LogP contribution is 2.53. The topological polar surface area (TPSA) is 50.1 Å². The molecule has 0 spiro atoms. The molecule has 1 aromatic rings. The molecule has 3 fully saturated rings. The van der Waals surface area contributed by atoms with Crippen LogP contribution in [-0.2, 0) is 4.79 Å². The number of nitrogens with zero attached hydrogens (tertiary/aromatic N) is 1. The highest BCUT2D eigenvalue weighted by molar-refractivity contribution is 5.75. The molecule has 0 amide bonds. The number of esters is 1. The van der Waals surface area contributed by atoms with Crippen molar-refractivity contribution in [2.45, 2.75) is 71.1 Å². The zero-order chi connectivity index (χ0) is 20.4. The summed E-state index contributed by atoms with van der Waals surface area (Å²) in [5.74, 6) is 3.39. The average Bonchev–Trinajstić information content (AvgIpc) is 2.73. The van der Waals surface area contributed by atoms with Crippen LogP contribution in [0.1, 0.15) is 76.7 Å². The largest absolute Gasteiger partial charge is 0.426 e. The molecule has 0 aliphatic heterocycles. The summed E-state index contributed by atoms with van der Waals surface area (Å²) in [4.78, 5) is 12.7. The van der Waals surface area contributed by atoms with Crippen LogP contribution in [-0.4, -0.2) is 5.97 Å². The van der Waals surface area contributed by atoms with E-state index in [0.717, 1.165) is 49.0 Å². The smallest absolute Gasteiger partial charge is 0.314 e. The molecule has 1 aromatic carbocycles. The summed E-state index contributed by atoms with van der Waals surface area (Å²) in [6.45, 7) is 2.30. The molecule has 0 radical (unpaired) electrons. The number of carbonyl (C=O) groups is 1. The molecule has 3 saturated carbocycles. The van der Waals surface area contributed by atoms with Crippen LogP contribution in [0.4, 0.5) is 4.39 Å². The highest BCUT2D eigenvalue weighted by Gasteiger charge is 2.45. The molecule has 0 N–H and O–H groups in total. The summed E-state index contributed by atoms with van der Waals surface area (Å²) in [5.41, 5.74) is -0.0317. The lowest BCUT2D eigenvalue weighted by Crippen LogP contribution is -2.42. The molecular formula is C25H32FNO2. The molecule has 0 bridgehead atoms. The zero-order valence-corrected chi connectivity index (χ0v) is 17.4. The molecule has 0 aromatic heterocycles. The Morgan fingerprint density at radius 1 is 1.10 bits per heavy atom. The van der Waals surface area contributed by atoms with Gasteiger partial charge in [-0.05, 0) is 86.7 Å². The molecule has 6 atom stereocenters. The number of nitriles is 1. The van der Waals surface area contributed by atoms with Gasteiger partial charge in [-0.3, -0.25) is 4.79 Å². The lowest BCUT2D eigenvalue weighted by atomic mass is 9.55. The first kappa shape index (κ1) is 20.4. The lowest BCUT2D eigenvalue weighted by molar-refractivity contribution is -0.142. The van der Waals surface area contributed by atoms with Crippen molar-refractivity contribution in [3.05, 3.63) is 29.6 Å². The Hall–Kier alpha value is -1.89. The number of carbonyl (C=O) groups excluding carboxylic acids is 1. The minimum absolute atomic E-state index is 0.0317. The number of fused-ring (bicyclic) bond motifs is 3. The number of benzene rings is 1. The molecule has 3 aliphatic carbocycles. The van der Waals surface area contributed by atoms with E-state index < -0.39 is 5.82 Å². The van der Waals surface area contributed by atoms with Crippen LogP contribution in [0.2, 0.25) is 0 Å². The molecular weight excluding hydrogens is 365 g/mol. The molecule has 4 rings (SSSR count). The van der Waals surface area contributed by atoms with Crippen LogP contribution in [0.25, 0.3) is 0 Å². The fourth-order valence-electron chi connectivity index (χ4n) is 6.63.